The third-order valence-electron chi connectivity index (χ3n) is 4.24. The Morgan fingerprint density at radius 2 is 2.16 bits per heavy atom. The van der Waals surface area contributed by atoms with E-state index in [0.29, 0.717) is 0 Å². The van der Waals surface area contributed by atoms with Crippen molar-refractivity contribution < 1.29 is 0 Å². The molecular weight excluding hydrogens is 234 g/mol. The van der Waals surface area contributed by atoms with Crippen molar-refractivity contribution >= 4 is 10.9 Å². The summed E-state index contributed by atoms with van der Waals surface area (Å²) >= 11 is 0. The summed E-state index contributed by atoms with van der Waals surface area (Å²) in [5.74, 6) is 0. The zero-order chi connectivity index (χ0) is 13.3. The lowest BCUT2D eigenvalue weighted by molar-refractivity contribution is 0.134. The van der Waals surface area contributed by atoms with Crippen molar-refractivity contribution in [1.29, 1.82) is 5.26 Å². The minimum atomic E-state index is -0.0825. The molecule has 1 aliphatic carbocycles. The highest BCUT2D eigenvalue weighted by Gasteiger charge is 2.38. The maximum absolute atomic E-state index is 9.30. The van der Waals surface area contributed by atoms with Crippen molar-refractivity contribution in [2.24, 2.45) is 5.41 Å². The molecule has 1 N–H and O–H groups in total. The molecule has 1 aliphatic rings. The number of nitriles is 1. The smallest absolute Gasteiger partial charge is 0.0703 e. The monoisotopic (exact) mass is 253 g/mol. The summed E-state index contributed by atoms with van der Waals surface area (Å²) in [6.45, 7) is 1.77. The molecule has 1 heterocycles. The zero-order valence-corrected chi connectivity index (χ0v) is 11.3. The molecule has 1 fully saturated rings. The van der Waals surface area contributed by atoms with Crippen LogP contribution >= 0.6 is 0 Å². The van der Waals surface area contributed by atoms with Gasteiger partial charge in [-0.15, -0.1) is 0 Å². The highest BCUT2D eigenvalue weighted by atomic mass is 15.1. The number of nitrogens with zero attached hydrogens (tertiary/aromatic N) is 2. The van der Waals surface area contributed by atoms with Crippen molar-refractivity contribution in [2.75, 3.05) is 13.6 Å². The topological polar surface area (TPSA) is 42.8 Å². The van der Waals surface area contributed by atoms with Gasteiger partial charge in [0.1, 0.15) is 0 Å². The molecule has 3 rings (SSSR count). The third kappa shape index (κ3) is 2.24. The summed E-state index contributed by atoms with van der Waals surface area (Å²) in [5, 5.41) is 10.6. The molecule has 1 aromatic heterocycles. The van der Waals surface area contributed by atoms with Gasteiger partial charge < -0.3 is 9.88 Å². The third-order valence-corrected chi connectivity index (χ3v) is 4.24. The van der Waals surface area contributed by atoms with E-state index >= 15 is 0 Å². The molecule has 0 aliphatic heterocycles. The summed E-state index contributed by atoms with van der Waals surface area (Å²) < 4.78 is 0. The fourth-order valence-corrected chi connectivity index (χ4v) is 3.03. The predicted octanol–water partition coefficient (Wildman–Crippen LogP) is 3.29. The number of fused-ring (bicyclic) bond motifs is 1. The SMILES string of the molecule is CN(Cc1c[nH]c2ccccc12)CC1(C#N)CCC1. The van der Waals surface area contributed by atoms with Gasteiger partial charge in [0.2, 0.25) is 0 Å². The average Bonchev–Trinajstić information content (AvgIpc) is 2.78. The Morgan fingerprint density at radius 1 is 1.37 bits per heavy atom. The lowest BCUT2D eigenvalue weighted by Gasteiger charge is -2.38. The first-order valence-electron chi connectivity index (χ1n) is 6.87. The van der Waals surface area contributed by atoms with Crippen LogP contribution in [0, 0.1) is 16.7 Å². The van der Waals surface area contributed by atoms with Gasteiger partial charge in [0.05, 0.1) is 11.5 Å². The van der Waals surface area contributed by atoms with Crippen LogP contribution in [0.4, 0.5) is 0 Å². The number of aromatic amines is 1. The van der Waals surface area contributed by atoms with Crippen LogP contribution < -0.4 is 0 Å². The first-order chi connectivity index (χ1) is 9.22. The van der Waals surface area contributed by atoms with Gasteiger partial charge >= 0.3 is 0 Å². The second-order valence-electron chi connectivity index (χ2n) is 5.78. The molecule has 3 heteroatoms. The largest absolute Gasteiger partial charge is 0.361 e. The van der Waals surface area contributed by atoms with Gasteiger partial charge in [-0.3, -0.25) is 0 Å². The standard InChI is InChI=1S/C16H19N3/c1-19(12-16(11-17)7-4-8-16)10-13-9-18-15-6-3-2-5-14(13)15/h2-3,5-6,9,18H,4,7-8,10,12H2,1H3. The summed E-state index contributed by atoms with van der Waals surface area (Å²) in [6, 6.07) is 10.9. The van der Waals surface area contributed by atoms with Crippen molar-refractivity contribution in [3.05, 3.63) is 36.0 Å². The molecule has 3 nitrogen and oxygen atoms in total. The van der Waals surface area contributed by atoms with E-state index in [-0.39, 0.29) is 5.41 Å². The molecule has 98 valence electrons. The maximum atomic E-state index is 9.30. The molecule has 0 atom stereocenters. The number of nitrogens with one attached hydrogen (secondary N) is 1. The minimum absolute atomic E-state index is 0.0825. The zero-order valence-electron chi connectivity index (χ0n) is 11.3. The van der Waals surface area contributed by atoms with Crippen LogP contribution in [0.2, 0.25) is 0 Å². The van der Waals surface area contributed by atoms with Crippen LogP contribution in [0.15, 0.2) is 30.5 Å². The first kappa shape index (κ1) is 12.3. The Kier molecular flexibility index (Phi) is 3.04. The molecule has 0 bridgehead atoms. The number of hydrogen-bond donors (Lipinski definition) is 1. The molecule has 2 aromatic rings. The lowest BCUT2D eigenvalue weighted by atomic mass is 9.69. The van der Waals surface area contributed by atoms with E-state index in [4.69, 9.17) is 0 Å². The summed E-state index contributed by atoms with van der Waals surface area (Å²) in [7, 11) is 2.11. The lowest BCUT2D eigenvalue weighted by Crippen LogP contribution is -2.39. The van der Waals surface area contributed by atoms with Gasteiger partial charge in [0.15, 0.2) is 0 Å². The summed E-state index contributed by atoms with van der Waals surface area (Å²) in [6.07, 6.45) is 5.40. The van der Waals surface area contributed by atoms with Crippen LogP contribution in [0.25, 0.3) is 10.9 Å². The van der Waals surface area contributed by atoms with Gasteiger partial charge in [0.25, 0.3) is 0 Å². The molecule has 0 amide bonds. The van der Waals surface area contributed by atoms with Gasteiger partial charge in [-0.1, -0.05) is 24.6 Å². The van der Waals surface area contributed by atoms with E-state index in [1.165, 1.54) is 22.9 Å². The van der Waals surface area contributed by atoms with Gasteiger partial charge in [-0.2, -0.15) is 5.26 Å². The first-order valence-corrected chi connectivity index (χ1v) is 6.87. The summed E-state index contributed by atoms with van der Waals surface area (Å²) in [4.78, 5) is 5.58. The Morgan fingerprint density at radius 3 is 2.84 bits per heavy atom. The molecular formula is C16H19N3. The van der Waals surface area contributed by atoms with Crippen LogP contribution in [-0.4, -0.2) is 23.5 Å². The molecule has 19 heavy (non-hydrogen) atoms. The summed E-state index contributed by atoms with van der Waals surface area (Å²) in [5.41, 5.74) is 2.41. The van der Waals surface area contributed by atoms with E-state index in [2.05, 4.69) is 47.4 Å². The van der Waals surface area contributed by atoms with E-state index in [1.54, 1.807) is 0 Å². The Hall–Kier alpha value is -1.79. The normalized spacial score (nSPS) is 17.3. The number of para-hydroxylation sites is 1. The highest BCUT2D eigenvalue weighted by molar-refractivity contribution is 5.82. The van der Waals surface area contributed by atoms with Crippen molar-refractivity contribution in [1.82, 2.24) is 9.88 Å². The fourth-order valence-electron chi connectivity index (χ4n) is 3.03. The van der Waals surface area contributed by atoms with Crippen molar-refractivity contribution in [3.63, 3.8) is 0 Å². The minimum Gasteiger partial charge on any atom is -0.361 e. The Balaban J connectivity index is 1.73. The maximum Gasteiger partial charge on any atom is 0.0703 e. The van der Waals surface area contributed by atoms with E-state index in [9.17, 15) is 5.26 Å². The van der Waals surface area contributed by atoms with Crippen LogP contribution in [0.3, 0.4) is 0 Å². The predicted molar refractivity (Wildman–Crippen MR) is 76.5 cm³/mol. The molecule has 0 spiro atoms. The van der Waals surface area contributed by atoms with E-state index in [1.807, 2.05) is 6.07 Å². The molecule has 1 aromatic carbocycles. The molecule has 0 saturated heterocycles. The fraction of sp³-hybridized carbons (Fsp3) is 0.438. The molecule has 1 saturated carbocycles. The molecule has 0 radical (unpaired) electrons. The second kappa shape index (κ2) is 4.71. The Bertz CT molecular complexity index is 616. The number of H-pyrrole nitrogens is 1. The second-order valence-corrected chi connectivity index (χ2v) is 5.78. The average molecular weight is 253 g/mol. The van der Waals surface area contributed by atoms with Crippen molar-refractivity contribution in [3.8, 4) is 6.07 Å². The van der Waals surface area contributed by atoms with E-state index in [0.717, 1.165) is 25.9 Å². The van der Waals surface area contributed by atoms with E-state index < -0.39 is 0 Å². The number of aromatic nitrogens is 1. The van der Waals surface area contributed by atoms with Gasteiger partial charge in [-0.05, 0) is 31.5 Å². The number of hydrogen-bond acceptors (Lipinski definition) is 2. The van der Waals surface area contributed by atoms with Gasteiger partial charge in [0, 0.05) is 30.2 Å². The van der Waals surface area contributed by atoms with Gasteiger partial charge in [-0.25, -0.2) is 0 Å². The number of benzene rings is 1. The Labute approximate surface area is 113 Å². The quantitative estimate of drug-likeness (QED) is 0.908. The number of rotatable bonds is 4. The van der Waals surface area contributed by atoms with Crippen LogP contribution in [0.1, 0.15) is 24.8 Å². The molecule has 0 unspecified atom stereocenters. The van der Waals surface area contributed by atoms with Crippen LogP contribution in [0.5, 0.6) is 0 Å². The van der Waals surface area contributed by atoms with Crippen LogP contribution in [-0.2, 0) is 6.54 Å². The van der Waals surface area contributed by atoms with Crippen molar-refractivity contribution in [2.45, 2.75) is 25.8 Å². The highest BCUT2D eigenvalue weighted by Crippen LogP contribution is 2.40.